The molecule has 2 aromatic rings. The number of hydrogen-bond donors (Lipinski definition) is 0. The van der Waals surface area contributed by atoms with Crippen LogP contribution in [0.5, 0.6) is 17.2 Å². The quantitative estimate of drug-likeness (QED) is 0.455. The standard InChI is InChI=1S/C22H21NO5S/c1-4-12-28-18-11-10-15(13-19(18)27-5-2)14-20-21(24)23(22(25)29-20)16-8-6-7-9-17(16)26-3/h4,6-11,13-14H,1,5,12H2,2-3H3/b20-14-. The number of hydrogen-bond acceptors (Lipinski definition) is 6. The molecule has 0 radical (unpaired) electrons. The highest BCUT2D eigenvalue weighted by Crippen LogP contribution is 2.40. The van der Waals surface area contributed by atoms with Gasteiger partial charge in [-0.1, -0.05) is 30.9 Å². The van der Waals surface area contributed by atoms with Crippen LogP contribution in [-0.4, -0.2) is 31.5 Å². The summed E-state index contributed by atoms with van der Waals surface area (Å²) >= 11 is 0.886. The lowest BCUT2D eigenvalue weighted by atomic mass is 10.1. The number of thioether (sulfide) groups is 1. The van der Waals surface area contributed by atoms with E-state index in [1.807, 2.05) is 6.92 Å². The van der Waals surface area contributed by atoms with Crippen LogP contribution in [0.25, 0.3) is 6.08 Å². The van der Waals surface area contributed by atoms with Crippen molar-refractivity contribution in [2.24, 2.45) is 0 Å². The fraction of sp³-hybridized carbons (Fsp3) is 0.182. The van der Waals surface area contributed by atoms with Crippen molar-refractivity contribution in [3.8, 4) is 17.2 Å². The molecule has 1 heterocycles. The number of nitrogens with zero attached hydrogens (tertiary/aromatic N) is 1. The Morgan fingerprint density at radius 1 is 1.07 bits per heavy atom. The normalized spacial score (nSPS) is 15.0. The fourth-order valence-corrected chi connectivity index (χ4v) is 3.63. The van der Waals surface area contributed by atoms with Gasteiger partial charge in [0.05, 0.1) is 24.3 Å². The molecule has 1 aliphatic rings. The second kappa shape index (κ2) is 9.34. The zero-order valence-electron chi connectivity index (χ0n) is 16.2. The van der Waals surface area contributed by atoms with Gasteiger partial charge in [-0.15, -0.1) is 0 Å². The molecule has 1 fully saturated rings. The van der Waals surface area contributed by atoms with Crippen LogP contribution in [0.4, 0.5) is 10.5 Å². The molecule has 150 valence electrons. The molecule has 0 spiro atoms. The highest BCUT2D eigenvalue weighted by atomic mass is 32.2. The summed E-state index contributed by atoms with van der Waals surface area (Å²) < 4.78 is 16.5. The minimum Gasteiger partial charge on any atom is -0.495 e. The number of ether oxygens (including phenoxy) is 3. The third-order valence-corrected chi connectivity index (χ3v) is 4.91. The molecule has 6 nitrogen and oxygen atoms in total. The summed E-state index contributed by atoms with van der Waals surface area (Å²) in [6.07, 6.45) is 3.32. The van der Waals surface area contributed by atoms with Crippen molar-refractivity contribution in [3.63, 3.8) is 0 Å². The Kier molecular flexibility index (Phi) is 6.61. The third kappa shape index (κ3) is 4.46. The van der Waals surface area contributed by atoms with Gasteiger partial charge in [0.25, 0.3) is 11.1 Å². The first-order chi connectivity index (χ1) is 14.1. The summed E-state index contributed by atoms with van der Waals surface area (Å²) in [6, 6.07) is 12.3. The van der Waals surface area contributed by atoms with Gasteiger partial charge in [-0.25, -0.2) is 4.90 Å². The number of rotatable bonds is 8. The van der Waals surface area contributed by atoms with Gasteiger partial charge in [-0.2, -0.15) is 0 Å². The zero-order valence-corrected chi connectivity index (χ0v) is 17.0. The average Bonchev–Trinajstić information content (AvgIpc) is 3.00. The molecule has 7 heteroatoms. The van der Waals surface area contributed by atoms with E-state index >= 15 is 0 Å². The minimum absolute atomic E-state index is 0.322. The van der Waals surface area contributed by atoms with E-state index in [-0.39, 0.29) is 5.24 Å². The molecular weight excluding hydrogens is 390 g/mol. The number of imide groups is 1. The maximum Gasteiger partial charge on any atom is 0.298 e. The van der Waals surface area contributed by atoms with Crippen LogP contribution < -0.4 is 19.1 Å². The number of anilines is 1. The zero-order chi connectivity index (χ0) is 20.8. The van der Waals surface area contributed by atoms with Crippen molar-refractivity contribution >= 4 is 34.7 Å². The smallest absolute Gasteiger partial charge is 0.298 e. The predicted octanol–water partition coefficient (Wildman–Crippen LogP) is 4.90. The van der Waals surface area contributed by atoms with Gasteiger partial charge in [0.1, 0.15) is 12.4 Å². The van der Waals surface area contributed by atoms with Crippen molar-refractivity contribution in [1.29, 1.82) is 0 Å². The Bertz CT molecular complexity index is 969. The first-order valence-electron chi connectivity index (χ1n) is 9.00. The van der Waals surface area contributed by atoms with Crippen LogP contribution in [0.2, 0.25) is 0 Å². The summed E-state index contributed by atoms with van der Waals surface area (Å²) in [6.45, 7) is 6.34. The number of carbonyl (C=O) groups excluding carboxylic acids is 2. The average molecular weight is 411 g/mol. The number of benzene rings is 2. The lowest BCUT2D eigenvalue weighted by Gasteiger charge is -2.15. The van der Waals surface area contributed by atoms with Gasteiger partial charge in [-0.3, -0.25) is 9.59 Å². The highest BCUT2D eigenvalue weighted by Gasteiger charge is 2.37. The number of amides is 2. The monoisotopic (exact) mass is 411 g/mol. The predicted molar refractivity (Wildman–Crippen MR) is 115 cm³/mol. The van der Waals surface area contributed by atoms with Crippen LogP contribution in [0.1, 0.15) is 12.5 Å². The molecule has 0 atom stereocenters. The van der Waals surface area contributed by atoms with Gasteiger partial charge >= 0.3 is 0 Å². The third-order valence-electron chi connectivity index (χ3n) is 4.04. The largest absolute Gasteiger partial charge is 0.495 e. The molecule has 0 unspecified atom stereocenters. The Balaban J connectivity index is 1.91. The molecule has 1 aliphatic heterocycles. The molecule has 0 saturated carbocycles. The van der Waals surface area contributed by atoms with Crippen LogP contribution in [-0.2, 0) is 4.79 Å². The Labute approximate surface area is 173 Å². The molecule has 0 aliphatic carbocycles. The lowest BCUT2D eigenvalue weighted by molar-refractivity contribution is -0.113. The maximum atomic E-state index is 12.9. The van der Waals surface area contributed by atoms with E-state index in [2.05, 4.69) is 6.58 Å². The molecule has 0 N–H and O–H groups in total. The van der Waals surface area contributed by atoms with Crippen LogP contribution in [0.3, 0.4) is 0 Å². The molecular formula is C22H21NO5S. The SMILES string of the molecule is C=CCOc1ccc(/C=C2\SC(=O)N(c3ccccc3OC)C2=O)cc1OCC. The molecule has 2 aromatic carbocycles. The van der Waals surface area contributed by atoms with Crippen LogP contribution in [0, 0.1) is 0 Å². The molecule has 3 rings (SSSR count). The summed E-state index contributed by atoms with van der Waals surface area (Å²) in [5.74, 6) is 1.21. The Morgan fingerprint density at radius 2 is 1.86 bits per heavy atom. The van der Waals surface area contributed by atoms with Crippen molar-refractivity contribution in [2.75, 3.05) is 25.2 Å². The highest BCUT2D eigenvalue weighted by molar-refractivity contribution is 8.19. The van der Waals surface area contributed by atoms with E-state index in [9.17, 15) is 9.59 Å². The van der Waals surface area contributed by atoms with E-state index in [4.69, 9.17) is 14.2 Å². The lowest BCUT2D eigenvalue weighted by Crippen LogP contribution is -2.28. The van der Waals surface area contributed by atoms with E-state index in [1.165, 1.54) is 7.11 Å². The van der Waals surface area contributed by atoms with Crippen molar-refractivity contribution in [1.82, 2.24) is 0 Å². The summed E-state index contributed by atoms with van der Waals surface area (Å²) in [5.41, 5.74) is 1.15. The number of carbonyl (C=O) groups is 2. The number of para-hydroxylation sites is 2. The Morgan fingerprint density at radius 3 is 2.59 bits per heavy atom. The van der Waals surface area contributed by atoms with E-state index in [1.54, 1.807) is 54.6 Å². The number of methoxy groups -OCH3 is 1. The maximum absolute atomic E-state index is 12.9. The van der Waals surface area contributed by atoms with Gasteiger partial charge in [0.15, 0.2) is 11.5 Å². The van der Waals surface area contributed by atoms with Crippen molar-refractivity contribution in [3.05, 3.63) is 65.6 Å². The van der Waals surface area contributed by atoms with Crippen LogP contribution >= 0.6 is 11.8 Å². The topological polar surface area (TPSA) is 65.1 Å². The van der Waals surface area contributed by atoms with Crippen molar-refractivity contribution < 1.29 is 23.8 Å². The van der Waals surface area contributed by atoms with Gasteiger partial charge in [0, 0.05) is 0 Å². The molecule has 2 amide bonds. The van der Waals surface area contributed by atoms with E-state index in [0.29, 0.717) is 41.1 Å². The minimum atomic E-state index is -0.394. The summed E-state index contributed by atoms with van der Waals surface area (Å²) in [7, 11) is 1.50. The van der Waals surface area contributed by atoms with E-state index < -0.39 is 5.91 Å². The second-order valence-electron chi connectivity index (χ2n) is 5.93. The first-order valence-corrected chi connectivity index (χ1v) is 9.82. The molecule has 1 saturated heterocycles. The van der Waals surface area contributed by atoms with Gasteiger partial charge in [-0.05, 0) is 54.6 Å². The Hall–Kier alpha value is -3.19. The van der Waals surface area contributed by atoms with Gasteiger partial charge in [0.2, 0.25) is 0 Å². The molecule has 0 aromatic heterocycles. The first kappa shape index (κ1) is 20.5. The molecule has 0 bridgehead atoms. The van der Waals surface area contributed by atoms with Gasteiger partial charge < -0.3 is 14.2 Å². The van der Waals surface area contributed by atoms with Crippen molar-refractivity contribution in [2.45, 2.75) is 6.92 Å². The molecule has 29 heavy (non-hydrogen) atoms. The van der Waals surface area contributed by atoms with E-state index in [0.717, 1.165) is 22.2 Å². The fourth-order valence-electron chi connectivity index (χ4n) is 2.79. The summed E-state index contributed by atoms with van der Waals surface area (Å²) in [5, 5.41) is -0.373. The second-order valence-corrected chi connectivity index (χ2v) is 6.92. The van der Waals surface area contributed by atoms with Crippen LogP contribution in [0.15, 0.2) is 60.0 Å². The summed E-state index contributed by atoms with van der Waals surface area (Å²) in [4.78, 5) is 26.9.